The highest BCUT2D eigenvalue weighted by Gasteiger charge is 2.48. The van der Waals surface area contributed by atoms with Crippen LogP contribution in [0.4, 0.5) is 0 Å². The van der Waals surface area contributed by atoms with Crippen molar-refractivity contribution in [3.63, 3.8) is 0 Å². The Hall–Kier alpha value is -0.380. The Morgan fingerprint density at radius 1 is 1.05 bits per heavy atom. The summed E-state index contributed by atoms with van der Waals surface area (Å²) in [5.41, 5.74) is 0.899. The third-order valence-electron chi connectivity index (χ3n) is 6.23. The van der Waals surface area contributed by atoms with Crippen LogP contribution in [-0.4, -0.2) is 29.1 Å². The molecule has 0 unspecified atom stereocenters. The van der Waals surface area contributed by atoms with Gasteiger partial charge in [-0.3, -0.25) is 4.90 Å². The van der Waals surface area contributed by atoms with Gasteiger partial charge in [0.2, 0.25) is 0 Å². The second-order valence-electron chi connectivity index (χ2n) is 7.56. The first-order chi connectivity index (χ1) is 10.3. The summed E-state index contributed by atoms with van der Waals surface area (Å²) in [6.07, 6.45) is 12.7. The van der Waals surface area contributed by atoms with E-state index in [-0.39, 0.29) is 0 Å². The first-order valence-corrected chi connectivity index (χ1v) is 9.71. The molecule has 1 aromatic rings. The van der Waals surface area contributed by atoms with Gasteiger partial charge in [-0.25, -0.2) is 0 Å². The number of hydrogen-bond acceptors (Lipinski definition) is 3. The topological polar surface area (TPSA) is 15.3 Å². The lowest BCUT2D eigenvalue weighted by molar-refractivity contribution is -0.0231. The van der Waals surface area contributed by atoms with Crippen molar-refractivity contribution in [3.05, 3.63) is 22.4 Å². The van der Waals surface area contributed by atoms with Crippen LogP contribution in [0.25, 0.3) is 0 Å². The van der Waals surface area contributed by atoms with Crippen molar-refractivity contribution in [1.29, 1.82) is 0 Å². The molecule has 2 nitrogen and oxygen atoms in total. The molecule has 4 rings (SSSR count). The zero-order valence-electron chi connectivity index (χ0n) is 13.1. The predicted octanol–water partition coefficient (Wildman–Crippen LogP) is 4.17. The van der Waals surface area contributed by atoms with Gasteiger partial charge in [0, 0.05) is 35.6 Å². The first-order valence-electron chi connectivity index (χ1n) is 8.83. The zero-order chi connectivity index (χ0) is 14.2. The fraction of sp³-hybridized carbons (Fsp3) is 0.778. The molecule has 0 aromatic carbocycles. The fourth-order valence-corrected chi connectivity index (χ4v) is 5.68. The molecule has 2 aliphatic carbocycles. The summed E-state index contributed by atoms with van der Waals surface area (Å²) in [6, 6.07) is 4.53. The third-order valence-corrected chi connectivity index (χ3v) is 7.09. The number of piperazine rings is 1. The van der Waals surface area contributed by atoms with Crippen LogP contribution in [0.1, 0.15) is 62.7 Å². The molecular formula is C18H28N2S. The van der Waals surface area contributed by atoms with Crippen LogP contribution in [0.2, 0.25) is 0 Å². The average Bonchev–Trinajstić information content (AvgIpc) is 3.17. The van der Waals surface area contributed by atoms with E-state index < -0.39 is 0 Å². The maximum atomic E-state index is 4.03. The van der Waals surface area contributed by atoms with Gasteiger partial charge in [0.25, 0.3) is 0 Å². The lowest BCUT2D eigenvalue weighted by Gasteiger charge is -2.55. The van der Waals surface area contributed by atoms with Crippen LogP contribution in [0.3, 0.4) is 0 Å². The van der Waals surface area contributed by atoms with Gasteiger partial charge >= 0.3 is 0 Å². The molecule has 0 bridgehead atoms. The summed E-state index contributed by atoms with van der Waals surface area (Å²) in [6.45, 7) is 3.70. The smallest absolute Gasteiger partial charge is 0.0338 e. The van der Waals surface area contributed by atoms with Crippen molar-refractivity contribution < 1.29 is 0 Å². The SMILES string of the molecule is c1csc(CN2CC3(CCCC3)NCC23CCCCC3)c1. The van der Waals surface area contributed by atoms with Gasteiger partial charge in [-0.2, -0.15) is 0 Å². The third kappa shape index (κ3) is 2.69. The molecular weight excluding hydrogens is 276 g/mol. The molecule has 3 heteroatoms. The minimum absolute atomic E-state index is 0.444. The Morgan fingerprint density at radius 2 is 1.81 bits per heavy atom. The normalized spacial score (nSPS) is 28.4. The Morgan fingerprint density at radius 3 is 2.52 bits per heavy atom. The summed E-state index contributed by atoms with van der Waals surface area (Å²) in [4.78, 5) is 4.44. The van der Waals surface area contributed by atoms with Crippen LogP contribution in [0.15, 0.2) is 17.5 Å². The molecule has 2 spiro atoms. The Bertz CT molecular complexity index is 456. The Labute approximate surface area is 132 Å². The largest absolute Gasteiger partial charge is 0.308 e. The van der Waals surface area contributed by atoms with Gasteiger partial charge in [-0.15, -0.1) is 11.3 Å². The van der Waals surface area contributed by atoms with Gasteiger partial charge in [0.05, 0.1) is 0 Å². The molecule has 21 heavy (non-hydrogen) atoms. The van der Waals surface area contributed by atoms with Gasteiger partial charge in [0.15, 0.2) is 0 Å². The number of nitrogens with one attached hydrogen (secondary N) is 1. The van der Waals surface area contributed by atoms with E-state index in [4.69, 9.17) is 0 Å². The quantitative estimate of drug-likeness (QED) is 0.882. The highest BCUT2D eigenvalue weighted by Crippen LogP contribution is 2.42. The molecule has 116 valence electrons. The number of thiophene rings is 1. The van der Waals surface area contributed by atoms with Gasteiger partial charge < -0.3 is 5.32 Å². The van der Waals surface area contributed by atoms with E-state index in [2.05, 4.69) is 27.7 Å². The molecule has 3 aliphatic rings. The highest BCUT2D eigenvalue weighted by atomic mass is 32.1. The standard InChI is InChI=1S/C18H28N2S/c1-2-10-18(11-3-1)14-19-17(8-4-5-9-17)15-20(18)13-16-7-6-12-21-16/h6-7,12,19H,1-5,8-11,13-15H2. The van der Waals surface area contributed by atoms with Crippen molar-refractivity contribution >= 4 is 11.3 Å². The molecule has 0 atom stereocenters. The number of nitrogens with zero attached hydrogens (tertiary/aromatic N) is 1. The second-order valence-corrected chi connectivity index (χ2v) is 8.59. The average molecular weight is 305 g/mol. The fourth-order valence-electron chi connectivity index (χ4n) is 4.96. The van der Waals surface area contributed by atoms with Crippen molar-refractivity contribution in [3.8, 4) is 0 Å². The highest BCUT2D eigenvalue weighted by molar-refractivity contribution is 7.09. The maximum absolute atomic E-state index is 4.03. The Balaban J connectivity index is 1.57. The molecule has 1 aliphatic heterocycles. The molecule has 0 radical (unpaired) electrons. The summed E-state index contributed by atoms with van der Waals surface area (Å²) < 4.78 is 0. The van der Waals surface area contributed by atoms with E-state index in [1.54, 1.807) is 4.88 Å². The van der Waals surface area contributed by atoms with Crippen molar-refractivity contribution in [1.82, 2.24) is 10.2 Å². The molecule has 1 saturated heterocycles. The minimum atomic E-state index is 0.444. The zero-order valence-corrected chi connectivity index (χ0v) is 13.9. The molecule has 2 saturated carbocycles. The summed E-state index contributed by atoms with van der Waals surface area (Å²) in [5, 5.41) is 6.26. The van der Waals surface area contributed by atoms with E-state index in [1.807, 2.05) is 11.3 Å². The minimum Gasteiger partial charge on any atom is -0.308 e. The summed E-state index contributed by atoms with van der Waals surface area (Å²) >= 11 is 1.93. The molecule has 2 heterocycles. The lowest BCUT2D eigenvalue weighted by Crippen LogP contribution is -2.69. The van der Waals surface area contributed by atoms with Crippen molar-refractivity contribution in [2.75, 3.05) is 13.1 Å². The van der Waals surface area contributed by atoms with Crippen molar-refractivity contribution in [2.24, 2.45) is 0 Å². The second kappa shape index (κ2) is 5.68. The van der Waals surface area contributed by atoms with E-state index in [0.717, 1.165) is 0 Å². The van der Waals surface area contributed by atoms with E-state index in [9.17, 15) is 0 Å². The number of hydrogen-bond donors (Lipinski definition) is 1. The van der Waals surface area contributed by atoms with Crippen LogP contribution in [0.5, 0.6) is 0 Å². The monoisotopic (exact) mass is 304 g/mol. The predicted molar refractivity (Wildman–Crippen MR) is 89.7 cm³/mol. The van der Waals surface area contributed by atoms with Crippen molar-refractivity contribution in [2.45, 2.75) is 75.4 Å². The van der Waals surface area contributed by atoms with E-state index in [0.29, 0.717) is 11.1 Å². The first kappa shape index (κ1) is 14.2. The van der Waals surface area contributed by atoms with Gasteiger partial charge in [-0.1, -0.05) is 38.2 Å². The van der Waals surface area contributed by atoms with Crippen LogP contribution < -0.4 is 5.32 Å². The van der Waals surface area contributed by atoms with Crippen LogP contribution in [0, 0.1) is 0 Å². The lowest BCUT2D eigenvalue weighted by atomic mass is 9.76. The summed E-state index contributed by atoms with van der Waals surface area (Å²) in [7, 11) is 0. The Kier molecular flexibility index (Phi) is 3.85. The molecule has 3 fully saturated rings. The van der Waals surface area contributed by atoms with Gasteiger partial charge in [0.1, 0.15) is 0 Å². The molecule has 1 aromatic heterocycles. The molecule has 1 N–H and O–H groups in total. The van der Waals surface area contributed by atoms with E-state index >= 15 is 0 Å². The van der Waals surface area contributed by atoms with Crippen LogP contribution in [-0.2, 0) is 6.54 Å². The number of rotatable bonds is 2. The van der Waals surface area contributed by atoms with Crippen LogP contribution >= 0.6 is 11.3 Å². The maximum Gasteiger partial charge on any atom is 0.0338 e. The molecule has 0 amide bonds. The van der Waals surface area contributed by atoms with Gasteiger partial charge in [-0.05, 0) is 37.1 Å². The van der Waals surface area contributed by atoms with E-state index in [1.165, 1.54) is 77.4 Å². The summed E-state index contributed by atoms with van der Waals surface area (Å²) in [5.74, 6) is 0.